The normalized spacial score (nSPS) is 11.7. The molecule has 0 atom stereocenters. The molecule has 0 N–H and O–H groups in total. The Morgan fingerprint density at radius 2 is 1.04 bits per heavy atom. The summed E-state index contributed by atoms with van der Waals surface area (Å²) in [4.78, 5) is 2.40. The molecule has 2 aromatic heterocycles. The van der Waals surface area contributed by atoms with Gasteiger partial charge in [-0.15, -0.1) is 11.3 Å². The summed E-state index contributed by atoms with van der Waals surface area (Å²) in [5.41, 5.74) is 9.72. The maximum Gasteiger partial charge on any atom is 0.143 e. The molecule has 0 fully saturated rings. The van der Waals surface area contributed by atoms with Gasteiger partial charge in [0.25, 0.3) is 0 Å². The summed E-state index contributed by atoms with van der Waals surface area (Å²) in [7, 11) is 0. The Hall–Kier alpha value is -6.16. The van der Waals surface area contributed by atoms with Crippen molar-refractivity contribution in [2.45, 2.75) is 0 Å². The van der Waals surface area contributed by atoms with Crippen LogP contribution in [0.5, 0.6) is 0 Å². The summed E-state index contributed by atoms with van der Waals surface area (Å²) in [6.45, 7) is 0. The first-order valence-corrected chi connectivity index (χ1v) is 17.4. The molecule has 230 valence electrons. The van der Waals surface area contributed by atoms with E-state index in [0.717, 1.165) is 50.1 Å². The number of rotatable bonds is 5. The van der Waals surface area contributed by atoms with Gasteiger partial charge in [-0.2, -0.15) is 0 Å². The highest BCUT2D eigenvalue weighted by Gasteiger charge is 2.21. The van der Waals surface area contributed by atoms with Crippen LogP contribution in [0.15, 0.2) is 180 Å². The molecule has 0 saturated heterocycles. The average Bonchev–Trinajstić information content (AvgIpc) is 3.74. The number of hydrogen-bond acceptors (Lipinski definition) is 3. The van der Waals surface area contributed by atoms with Gasteiger partial charge in [0.15, 0.2) is 0 Å². The minimum absolute atomic E-state index is 0.901. The molecule has 0 aliphatic carbocycles. The zero-order chi connectivity index (χ0) is 32.3. The molecular formula is C46H29NOS. The Labute approximate surface area is 287 Å². The lowest BCUT2D eigenvalue weighted by atomic mass is 9.97. The lowest BCUT2D eigenvalue weighted by Gasteiger charge is -2.28. The van der Waals surface area contributed by atoms with Gasteiger partial charge in [-0.3, -0.25) is 0 Å². The second kappa shape index (κ2) is 11.2. The molecule has 0 bridgehead atoms. The van der Waals surface area contributed by atoms with Crippen LogP contribution in [0, 0.1) is 0 Å². The molecule has 0 unspecified atom stereocenters. The van der Waals surface area contributed by atoms with E-state index in [1.54, 1.807) is 0 Å². The zero-order valence-corrected chi connectivity index (χ0v) is 27.3. The van der Waals surface area contributed by atoms with Crippen molar-refractivity contribution < 1.29 is 4.42 Å². The molecule has 0 spiro atoms. The van der Waals surface area contributed by atoms with Gasteiger partial charge in [0.05, 0.1) is 5.69 Å². The number of hydrogen-bond donors (Lipinski definition) is 0. The van der Waals surface area contributed by atoms with Crippen molar-refractivity contribution >= 4 is 81.3 Å². The minimum atomic E-state index is 0.901. The number of thiophene rings is 1. The second-order valence-electron chi connectivity index (χ2n) is 12.5. The predicted molar refractivity (Wildman–Crippen MR) is 210 cm³/mol. The third kappa shape index (κ3) is 4.55. The maximum atomic E-state index is 6.56. The highest BCUT2D eigenvalue weighted by atomic mass is 32.1. The number of fused-ring (bicyclic) bond motifs is 7. The van der Waals surface area contributed by atoms with Gasteiger partial charge >= 0.3 is 0 Å². The zero-order valence-electron chi connectivity index (χ0n) is 26.5. The number of para-hydroxylation sites is 3. The summed E-state index contributed by atoms with van der Waals surface area (Å²) < 4.78 is 9.13. The average molecular weight is 644 g/mol. The van der Waals surface area contributed by atoms with Crippen LogP contribution in [0.2, 0.25) is 0 Å². The molecule has 0 saturated carbocycles. The molecular weight excluding hydrogens is 615 g/mol. The maximum absolute atomic E-state index is 6.56. The molecule has 0 aliphatic heterocycles. The Kier molecular flexibility index (Phi) is 6.39. The van der Waals surface area contributed by atoms with E-state index in [0.29, 0.717) is 0 Å². The SMILES string of the molecule is c1ccc(N(c2ccc(-c3cccc4ccccc34)cc2)c2ccc3c(c2)sc2ccccc23)c(-c2cccc3c2oc2ccccc23)c1. The largest absolute Gasteiger partial charge is 0.455 e. The van der Waals surface area contributed by atoms with Gasteiger partial charge in [0.1, 0.15) is 11.2 Å². The van der Waals surface area contributed by atoms with E-state index in [9.17, 15) is 0 Å². The summed E-state index contributed by atoms with van der Waals surface area (Å²) in [5, 5.41) is 7.35. The molecule has 0 aliphatic rings. The van der Waals surface area contributed by atoms with E-state index in [2.05, 4.69) is 175 Å². The van der Waals surface area contributed by atoms with Crippen LogP contribution >= 0.6 is 11.3 Å². The van der Waals surface area contributed by atoms with Gasteiger partial charge in [0, 0.05) is 53.4 Å². The van der Waals surface area contributed by atoms with Crippen molar-refractivity contribution in [3.05, 3.63) is 176 Å². The molecule has 2 nitrogen and oxygen atoms in total. The fourth-order valence-electron chi connectivity index (χ4n) is 7.40. The van der Waals surface area contributed by atoms with E-state index in [4.69, 9.17) is 4.42 Å². The van der Waals surface area contributed by atoms with E-state index in [-0.39, 0.29) is 0 Å². The first-order chi connectivity index (χ1) is 24.3. The van der Waals surface area contributed by atoms with Crippen molar-refractivity contribution in [2.24, 2.45) is 0 Å². The fourth-order valence-corrected chi connectivity index (χ4v) is 8.54. The smallest absolute Gasteiger partial charge is 0.143 e. The van der Waals surface area contributed by atoms with Crippen molar-refractivity contribution in [3.8, 4) is 22.3 Å². The van der Waals surface area contributed by atoms with Crippen LogP contribution in [0.1, 0.15) is 0 Å². The second-order valence-corrected chi connectivity index (χ2v) is 13.6. The van der Waals surface area contributed by atoms with E-state index >= 15 is 0 Å². The fraction of sp³-hybridized carbons (Fsp3) is 0. The quantitative estimate of drug-likeness (QED) is 0.186. The van der Waals surface area contributed by atoms with Crippen LogP contribution in [-0.4, -0.2) is 0 Å². The van der Waals surface area contributed by atoms with Crippen LogP contribution in [0.3, 0.4) is 0 Å². The summed E-state index contributed by atoms with van der Waals surface area (Å²) in [5.74, 6) is 0. The predicted octanol–water partition coefficient (Wildman–Crippen LogP) is 13.9. The molecule has 0 amide bonds. The molecule has 8 aromatic carbocycles. The summed E-state index contributed by atoms with van der Waals surface area (Å²) in [6, 6.07) is 63.2. The number of anilines is 3. The van der Waals surface area contributed by atoms with Crippen molar-refractivity contribution in [2.75, 3.05) is 4.90 Å². The van der Waals surface area contributed by atoms with Gasteiger partial charge in [-0.05, 0) is 64.4 Å². The Balaban J connectivity index is 1.18. The van der Waals surface area contributed by atoms with Gasteiger partial charge < -0.3 is 9.32 Å². The van der Waals surface area contributed by atoms with Crippen molar-refractivity contribution in [1.82, 2.24) is 0 Å². The van der Waals surface area contributed by atoms with Gasteiger partial charge in [-0.25, -0.2) is 0 Å². The van der Waals surface area contributed by atoms with Crippen molar-refractivity contribution in [1.29, 1.82) is 0 Å². The van der Waals surface area contributed by atoms with Crippen molar-refractivity contribution in [3.63, 3.8) is 0 Å². The molecule has 49 heavy (non-hydrogen) atoms. The third-order valence-electron chi connectivity index (χ3n) is 9.69. The highest BCUT2D eigenvalue weighted by Crippen LogP contribution is 2.46. The number of nitrogens with zero attached hydrogens (tertiary/aromatic N) is 1. The Morgan fingerprint density at radius 3 is 1.96 bits per heavy atom. The lowest BCUT2D eigenvalue weighted by Crippen LogP contribution is -2.11. The van der Waals surface area contributed by atoms with Crippen LogP contribution in [0.4, 0.5) is 17.1 Å². The topological polar surface area (TPSA) is 16.4 Å². The molecule has 3 heteroatoms. The first-order valence-electron chi connectivity index (χ1n) is 16.6. The van der Waals surface area contributed by atoms with Gasteiger partial charge in [-0.1, -0.05) is 133 Å². The minimum Gasteiger partial charge on any atom is -0.455 e. The van der Waals surface area contributed by atoms with Gasteiger partial charge in [0.2, 0.25) is 0 Å². The number of furan rings is 1. The third-order valence-corrected chi connectivity index (χ3v) is 10.8. The van der Waals surface area contributed by atoms with E-state index < -0.39 is 0 Å². The monoisotopic (exact) mass is 643 g/mol. The molecule has 10 aromatic rings. The summed E-state index contributed by atoms with van der Waals surface area (Å²) in [6.07, 6.45) is 0. The summed E-state index contributed by atoms with van der Waals surface area (Å²) >= 11 is 1.85. The highest BCUT2D eigenvalue weighted by molar-refractivity contribution is 7.25. The van der Waals surface area contributed by atoms with E-state index in [1.165, 1.54) is 42.1 Å². The lowest BCUT2D eigenvalue weighted by molar-refractivity contribution is 0.670. The Bertz CT molecular complexity index is 2840. The molecule has 10 rings (SSSR count). The number of benzene rings is 8. The van der Waals surface area contributed by atoms with Crippen LogP contribution in [0.25, 0.3) is 75.1 Å². The van der Waals surface area contributed by atoms with Crippen LogP contribution in [-0.2, 0) is 0 Å². The molecule has 0 radical (unpaired) electrons. The standard InChI is InChI=1S/C46H29NOS/c1-2-13-34-30(11-1)12-9-17-35(34)31-23-25-32(26-24-31)47(33-27-28-39-38-16-5-8-22-44(38)49-45(39)29-33)42-20-6-3-14-36(42)40-18-10-19-41-37-15-4-7-21-43(37)48-46(40)41/h1-29H. The molecule has 2 heterocycles. The first kappa shape index (κ1) is 27.9. The van der Waals surface area contributed by atoms with Crippen LogP contribution < -0.4 is 4.90 Å². The van der Waals surface area contributed by atoms with E-state index in [1.807, 2.05) is 17.4 Å². The Morgan fingerprint density at radius 1 is 0.408 bits per heavy atom.